The van der Waals surface area contributed by atoms with Crippen molar-refractivity contribution in [1.82, 2.24) is 15.0 Å². The van der Waals surface area contributed by atoms with Gasteiger partial charge in [-0.25, -0.2) is 0 Å². The van der Waals surface area contributed by atoms with Gasteiger partial charge in [0.25, 0.3) is 0 Å². The molecule has 100 valence electrons. The van der Waals surface area contributed by atoms with E-state index >= 15 is 0 Å². The Bertz CT molecular complexity index is 564. The topological polar surface area (TPSA) is 49.2 Å². The molecule has 7 heteroatoms. The molecule has 1 aliphatic rings. The van der Waals surface area contributed by atoms with Gasteiger partial charge in [-0.05, 0) is 39.1 Å². The summed E-state index contributed by atoms with van der Waals surface area (Å²) in [6, 6.07) is 1.97. The molecule has 0 radical (unpaired) electrons. The number of hydrogen-bond acceptors (Lipinski definition) is 5. The normalized spacial score (nSPS) is 20.9. The summed E-state index contributed by atoms with van der Waals surface area (Å²) in [6.07, 6.45) is 1.69. The highest BCUT2D eigenvalue weighted by Gasteiger charge is 2.52. The van der Waals surface area contributed by atoms with Crippen LogP contribution in [-0.2, 0) is 9.31 Å². The standard InChI is InChI=1S/C12H16BN3O2S/c1-11(2)12(3,4)18-13(17-11)10-7-14-16(15-10)9-5-6-19-8-9/h5-8H,1-4H3. The molecule has 0 spiro atoms. The Hall–Kier alpha value is -1.18. The van der Waals surface area contributed by atoms with Crippen molar-refractivity contribution in [3.8, 4) is 5.69 Å². The average molecular weight is 277 g/mol. The van der Waals surface area contributed by atoms with Gasteiger partial charge < -0.3 is 9.31 Å². The Labute approximate surface area is 116 Å². The lowest BCUT2D eigenvalue weighted by Gasteiger charge is -2.32. The predicted molar refractivity (Wildman–Crippen MR) is 75.0 cm³/mol. The molecule has 1 saturated heterocycles. The minimum atomic E-state index is -0.461. The average Bonchev–Trinajstić information content (AvgIpc) is 3.00. The lowest BCUT2D eigenvalue weighted by molar-refractivity contribution is 0.00578. The predicted octanol–water partition coefficient (Wildman–Crippen LogP) is 1.63. The summed E-state index contributed by atoms with van der Waals surface area (Å²) in [5, 5.41) is 12.7. The zero-order valence-corrected chi connectivity index (χ0v) is 12.3. The molecule has 0 saturated carbocycles. The first-order valence-corrected chi connectivity index (χ1v) is 7.14. The van der Waals surface area contributed by atoms with E-state index in [1.54, 1.807) is 22.3 Å². The van der Waals surface area contributed by atoms with Crippen LogP contribution in [0.4, 0.5) is 0 Å². The monoisotopic (exact) mass is 277 g/mol. The molecule has 1 aliphatic heterocycles. The third-order valence-electron chi connectivity index (χ3n) is 3.74. The van der Waals surface area contributed by atoms with Gasteiger partial charge in [0, 0.05) is 5.38 Å². The maximum Gasteiger partial charge on any atom is 0.518 e. The van der Waals surface area contributed by atoms with Crippen LogP contribution in [0, 0.1) is 0 Å². The number of nitrogens with zero attached hydrogens (tertiary/aromatic N) is 3. The molecule has 0 aromatic carbocycles. The lowest BCUT2D eigenvalue weighted by atomic mass is 9.86. The zero-order valence-electron chi connectivity index (χ0n) is 11.5. The summed E-state index contributed by atoms with van der Waals surface area (Å²) in [7, 11) is -0.461. The van der Waals surface area contributed by atoms with E-state index in [-0.39, 0.29) is 11.2 Å². The summed E-state index contributed by atoms with van der Waals surface area (Å²) in [6.45, 7) is 8.10. The van der Waals surface area contributed by atoms with Crippen LogP contribution < -0.4 is 5.59 Å². The van der Waals surface area contributed by atoms with E-state index in [4.69, 9.17) is 9.31 Å². The third kappa shape index (κ3) is 2.11. The van der Waals surface area contributed by atoms with Crippen molar-refractivity contribution in [1.29, 1.82) is 0 Å². The zero-order chi connectivity index (χ0) is 13.7. The maximum atomic E-state index is 5.95. The highest BCUT2D eigenvalue weighted by atomic mass is 32.1. The van der Waals surface area contributed by atoms with Gasteiger partial charge >= 0.3 is 7.12 Å². The van der Waals surface area contributed by atoms with Crippen LogP contribution in [0.5, 0.6) is 0 Å². The number of rotatable bonds is 2. The second kappa shape index (κ2) is 4.16. The minimum Gasteiger partial charge on any atom is -0.398 e. The molecular formula is C12H16BN3O2S. The Balaban J connectivity index is 1.85. The Morgan fingerprint density at radius 2 is 1.89 bits per heavy atom. The maximum absolute atomic E-state index is 5.95. The van der Waals surface area contributed by atoms with Crippen LogP contribution in [0.2, 0.25) is 0 Å². The van der Waals surface area contributed by atoms with Crippen molar-refractivity contribution in [2.24, 2.45) is 0 Å². The number of aromatic nitrogens is 3. The fourth-order valence-corrected chi connectivity index (χ4v) is 2.45. The van der Waals surface area contributed by atoms with Crippen molar-refractivity contribution < 1.29 is 9.31 Å². The smallest absolute Gasteiger partial charge is 0.398 e. The molecular weight excluding hydrogens is 261 g/mol. The molecule has 0 unspecified atom stereocenters. The highest BCUT2D eigenvalue weighted by molar-refractivity contribution is 7.08. The van der Waals surface area contributed by atoms with E-state index in [0.717, 1.165) is 5.69 Å². The van der Waals surface area contributed by atoms with E-state index in [2.05, 4.69) is 10.2 Å². The van der Waals surface area contributed by atoms with E-state index in [1.807, 2.05) is 44.5 Å². The van der Waals surface area contributed by atoms with Crippen molar-refractivity contribution >= 4 is 24.0 Å². The van der Waals surface area contributed by atoms with Gasteiger partial charge in [0.05, 0.1) is 23.1 Å². The van der Waals surface area contributed by atoms with Gasteiger partial charge in [0.15, 0.2) is 0 Å². The van der Waals surface area contributed by atoms with Gasteiger partial charge in [0.2, 0.25) is 0 Å². The van der Waals surface area contributed by atoms with Crippen LogP contribution in [-0.4, -0.2) is 33.3 Å². The van der Waals surface area contributed by atoms with Crippen LogP contribution >= 0.6 is 11.3 Å². The molecule has 0 N–H and O–H groups in total. The van der Waals surface area contributed by atoms with Crippen molar-refractivity contribution in [2.75, 3.05) is 0 Å². The summed E-state index contributed by atoms with van der Waals surface area (Å²) in [4.78, 5) is 1.59. The molecule has 3 heterocycles. The second-order valence-corrected chi connectivity index (χ2v) is 6.41. The van der Waals surface area contributed by atoms with E-state index in [9.17, 15) is 0 Å². The molecule has 2 aromatic heterocycles. The Morgan fingerprint density at radius 1 is 1.21 bits per heavy atom. The fourth-order valence-electron chi connectivity index (χ4n) is 1.84. The molecule has 0 bridgehead atoms. The van der Waals surface area contributed by atoms with Crippen molar-refractivity contribution in [3.63, 3.8) is 0 Å². The van der Waals surface area contributed by atoms with Crippen LogP contribution in [0.25, 0.3) is 5.69 Å². The molecule has 19 heavy (non-hydrogen) atoms. The van der Waals surface area contributed by atoms with Crippen molar-refractivity contribution in [2.45, 2.75) is 38.9 Å². The van der Waals surface area contributed by atoms with Gasteiger partial charge in [0.1, 0.15) is 5.59 Å². The summed E-state index contributed by atoms with van der Waals surface area (Å²) >= 11 is 1.61. The fraction of sp³-hybridized carbons (Fsp3) is 0.500. The van der Waals surface area contributed by atoms with Gasteiger partial charge in [-0.15, -0.1) is 0 Å². The summed E-state index contributed by atoms with van der Waals surface area (Å²) < 4.78 is 11.9. The number of hydrogen-bond donors (Lipinski definition) is 0. The van der Waals surface area contributed by atoms with Crippen LogP contribution in [0.3, 0.4) is 0 Å². The minimum absolute atomic E-state index is 0.357. The summed E-state index contributed by atoms with van der Waals surface area (Å²) in [5.41, 5.74) is 0.936. The number of thiophene rings is 1. The molecule has 3 rings (SSSR count). The quantitative estimate of drug-likeness (QED) is 0.783. The molecule has 0 amide bonds. The summed E-state index contributed by atoms with van der Waals surface area (Å²) in [5.74, 6) is 0. The van der Waals surface area contributed by atoms with E-state index in [1.165, 1.54) is 0 Å². The van der Waals surface area contributed by atoms with Gasteiger partial charge in [-0.3, -0.25) is 0 Å². The molecule has 2 aromatic rings. The molecule has 1 fully saturated rings. The SMILES string of the molecule is CC1(C)OB(c2cnn(-c3ccsc3)n2)OC1(C)C. The Kier molecular flexibility index (Phi) is 2.81. The first kappa shape index (κ1) is 12.8. The Morgan fingerprint density at radius 3 is 2.47 bits per heavy atom. The lowest BCUT2D eigenvalue weighted by Crippen LogP contribution is -2.41. The first-order chi connectivity index (χ1) is 8.89. The van der Waals surface area contributed by atoms with E-state index < -0.39 is 7.12 Å². The second-order valence-electron chi connectivity index (χ2n) is 5.63. The molecule has 0 atom stereocenters. The van der Waals surface area contributed by atoms with Crippen LogP contribution in [0.15, 0.2) is 23.0 Å². The largest absolute Gasteiger partial charge is 0.518 e. The molecule has 0 aliphatic carbocycles. The van der Waals surface area contributed by atoms with E-state index in [0.29, 0.717) is 5.59 Å². The van der Waals surface area contributed by atoms with Crippen LogP contribution in [0.1, 0.15) is 27.7 Å². The molecule has 5 nitrogen and oxygen atoms in total. The van der Waals surface area contributed by atoms with Gasteiger partial charge in [-0.1, -0.05) is 0 Å². The first-order valence-electron chi connectivity index (χ1n) is 6.19. The van der Waals surface area contributed by atoms with Crippen molar-refractivity contribution in [3.05, 3.63) is 23.0 Å². The third-order valence-corrected chi connectivity index (χ3v) is 4.41. The highest BCUT2D eigenvalue weighted by Crippen LogP contribution is 2.36. The van der Waals surface area contributed by atoms with Gasteiger partial charge in [-0.2, -0.15) is 26.3 Å².